The highest BCUT2D eigenvalue weighted by Crippen LogP contribution is 2.28. The highest BCUT2D eigenvalue weighted by molar-refractivity contribution is 7.99. The van der Waals surface area contributed by atoms with Crippen LogP contribution in [0.2, 0.25) is 5.02 Å². The molecule has 0 radical (unpaired) electrons. The number of halogens is 1. The van der Waals surface area contributed by atoms with Crippen LogP contribution < -0.4 is 10.6 Å². The number of benzene rings is 1. The van der Waals surface area contributed by atoms with Crippen LogP contribution in [0.15, 0.2) is 54.1 Å². The van der Waals surface area contributed by atoms with Crippen LogP contribution in [0.5, 0.6) is 0 Å². The average Bonchev–Trinajstić information content (AvgIpc) is 2.74. The fourth-order valence-electron chi connectivity index (χ4n) is 3.61. The lowest BCUT2D eigenvalue weighted by atomic mass is 9.91. The van der Waals surface area contributed by atoms with Gasteiger partial charge in [0.15, 0.2) is 5.16 Å². The van der Waals surface area contributed by atoms with E-state index in [9.17, 15) is 4.79 Å². The molecule has 0 saturated heterocycles. The van der Waals surface area contributed by atoms with E-state index in [1.807, 2.05) is 24.3 Å². The quantitative estimate of drug-likeness (QED) is 0.450. The summed E-state index contributed by atoms with van der Waals surface area (Å²) in [4.78, 5) is 24.9. The number of pyridine rings is 1. The molecule has 0 aliphatic heterocycles. The van der Waals surface area contributed by atoms with Crippen molar-refractivity contribution in [1.29, 1.82) is 0 Å². The summed E-state index contributed by atoms with van der Waals surface area (Å²) in [6, 6.07) is 10.2. The molecule has 4 rings (SSSR count). The number of carbonyl (C=O) groups excluding carboxylic acids is 1. The molecule has 0 bridgehead atoms. The molecule has 8 heteroatoms. The average molecular weight is 428 g/mol. The van der Waals surface area contributed by atoms with Crippen LogP contribution >= 0.6 is 23.4 Å². The molecule has 29 heavy (non-hydrogen) atoms. The first-order valence-electron chi connectivity index (χ1n) is 9.67. The van der Waals surface area contributed by atoms with Gasteiger partial charge in [0.1, 0.15) is 0 Å². The Morgan fingerprint density at radius 3 is 2.59 bits per heavy atom. The van der Waals surface area contributed by atoms with Gasteiger partial charge in [-0.1, -0.05) is 23.4 Å². The molecular weight excluding hydrogens is 406 g/mol. The zero-order chi connectivity index (χ0) is 20.1. The fraction of sp³-hybridized carbons (Fsp3) is 0.333. The number of nitrogens with zero attached hydrogens (tertiary/aromatic N) is 3. The molecule has 0 atom stereocenters. The Balaban J connectivity index is 1.26. The van der Waals surface area contributed by atoms with Crippen molar-refractivity contribution < 1.29 is 4.79 Å². The summed E-state index contributed by atoms with van der Waals surface area (Å²) in [5.41, 5.74) is 1.97. The first-order chi connectivity index (χ1) is 14.2. The van der Waals surface area contributed by atoms with Gasteiger partial charge in [-0.05, 0) is 56.0 Å². The van der Waals surface area contributed by atoms with Crippen molar-refractivity contribution in [3.8, 4) is 0 Å². The van der Waals surface area contributed by atoms with Gasteiger partial charge in [0, 0.05) is 46.8 Å². The molecule has 1 fully saturated rings. The van der Waals surface area contributed by atoms with Crippen LogP contribution in [0.1, 0.15) is 25.7 Å². The summed E-state index contributed by atoms with van der Waals surface area (Å²) in [6.07, 6.45) is 9.12. The second-order valence-corrected chi connectivity index (χ2v) is 8.48. The second-order valence-electron chi connectivity index (χ2n) is 7.10. The summed E-state index contributed by atoms with van der Waals surface area (Å²) in [7, 11) is 0. The fourth-order valence-corrected chi connectivity index (χ4v) is 4.39. The number of carbonyl (C=O) groups is 1. The Hall–Kier alpha value is -2.38. The maximum Gasteiger partial charge on any atom is 0.230 e. The first kappa shape index (κ1) is 19.9. The molecule has 2 aromatic heterocycles. The predicted molar refractivity (Wildman–Crippen MR) is 117 cm³/mol. The number of nitrogens with one attached hydrogen (secondary N) is 2. The summed E-state index contributed by atoms with van der Waals surface area (Å²) in [6.45, 7) is 0. The molecule has 0 unspecified atom stereocenters. The SMILES string of the molecule is O=C(CSc1ncccn1)NC1CCC(Nc2ccnc3cc(Cl)ccc23)CC1. The molecule has 1 aliphatic carbocycles. The van der Waals surface area contributed by atoms with Crippen LogP contribution in [0.3, 0.4) is 0 Å². The normalized spacial score (nSPS) is 19.1. The van der Waals surface area contributed by atoms with E-state index in [4.69, 9.17) is 11.6 Å². The van der Waals surface area contributed by atoms with Crippen LogP contribution in [-0.2, 0) is 4.79 Å². The molecule has 1 aromatic carbocycles. The molecule has 1 amide bonds. The summed E-state index contributed by atoms with van der Waals surface area (Å²) < 4.78 is 0. The summed E-state index contributed by atoms with van der Waals surface area (Å²) in [5, 5.41) is 9.18. The lowest BCUT2D eigenvalue weighted by Crippen LogP contribution is -2.40. The number of rotatable bonds is 6. The molecule has 0 spiro atoms. The Morgan fingerprint density at radius 1 is 1.03 bits per heavy atom. The van der Waals surface area contributed by atoms with Crippen molar-refractivity contribution in [2.75, 3.05) is 11.1 Å². The van der Waals surface area contributed by atoms with Crippen LogP contribution in [-0.4, -0.2) is 38.7 Å². The van der Waals surface area contributed by atoms with Gasteiger partial charge in [-0.3, -0.25) is 9.78 Å². The number of thioether (sulfide) groups is 1. The Labute approximate surface area is 178 Å². The smallest absolute Gasteiger partial charge is 0.230 e. The van der Waals surface area contributed by atoms with Gasteiger partial charge in [0.2, 0.25) is 5.91 Å². The van der Waals surface area contributed by atoms with Gasteiger partial charge >= 0.3 is 0 Å². The Bertz CT molecular complexity index is 979. The third-order valence-corrected chi connectivity index (χ3v) is 6.14. The van der Waals surface area contributed by atoms with Gasteiger partial charge in [0.05, 0.1) is 11.3 Å². The lowest BCUT2D eigenvalue weighted by molar-refractivity contribution is -0.119. The van der Waals surface area contributed by atoms with E-state index in [1.165, 1.54) is 11.8 Å². The van der Waals surface area contributed by atoms with Gasteiger partial charge in [0.25, 0.3) is 0 Å². The summed E-state index contributed by atoms with van der Waals surface area (Å²) in [5.74, 6) is 0.379. The molecule has 1 saturated carbocycles. The topological polar surface area (TPSA) is 79.8 Å². The minimum absolute atomic E-state index is 0.0378. The monoisotopic (exact) mass is 427 g/mol. The number of fused-ring (bicyclic) bond motifs is 1. The van der Waals surface area contributed by atoms with Crippen molar-refractivity contribution >= 4 is 45.9 Å². The molecule has 2 N–H and O–H groups in total. The Morgan fingerprint density at radius 2 is 1.79 bits per heavy atom. The molecule has 2 heterocycles. The second kappa shape index (κ2) is 9.41. The largest absolute Gasteiger partial charge is 0.382 e. The van der Waals surface area contributed by atoms with E-state index in [0.29, 0.717) is 22.0 Å². The highest BCUT2D eigenvalue weighted by atomic mass is 35.5. The van der Waals surface area contributed by atoms with E-state index in [1.54, 1.807) is 24.7 Å². The Kier molecular flexibility index (Phi) is 6.46. The van der Waals surface area contributed by atoms with Gasteiger partial charge in [-0.2, -0.15) is 0 Å². The predicted octanol–water partition coefficient (Wildman–Crippen LogP) is 4.31. The standard InChI is InChI=1S/C21H22ClN5OS/c22-14-2-7-17-18(8-11-23-19(17)12-14)26-15-3-5-16(6-4-15)27-20(28)13-29-21-24-9-1-10-25-21/h1-2,7-12,15-16H,3-6,13H2,(H,23,26)(H,27,28). The zero-order valence-electron chi connectivity index (χ0n) is 15.8. The van der Waals surface area contributed by atoms with Crippen molar-refractivity contribution in [1.82, 2.24) is 20.3 Å². The summed E-state index contributed by atoms with van der Waals surface area (Å²) >= 11 is 7.43. The van der Waals surface area contributed by atoms with Crippen LogP contribution in [0.25, 0.3) is 10.9 Å². The number of hydrogen-bond acceptors (Lipinski definition) is 6. The number of hydrogen-bond donors (Lipinski definition) is 2. The van der Waals surface area contributed by atoms with E-state index in [0.717, 1.165) is 42.3 Å². The molecule has 3 aromatic rings. The third-order valence-electron chi connectivity index (χ3n) is 5.03. The minimum atomic E-state index is 0.0378. The molecule has 6 nitrogen and oxygen atoms in total. The van der Waals surface area contributed by atoms with Crippen molar-refractivity contribution in [2.24, 2.45) is 0 Å². The molecule has 1 aliphatic rings. The van der Waals surface area contributed by atoms with Crippen molar-refractivity contribution in [2.45, 2.75) is 42.9 Å². The van der Waals surface area contributed by atoms with E-state index >= 15 is 0 Å². The van der Waals surface area contributed by atoms with E-state index in [2.05, 4.69) is 25.6 Å². The van der Waals surface area contributed by atoms with Crippen molar-refractivity contribution in [3.05, 3.63) is 53.9 Å². The van der Waals surface area contributed by atoms with E-state index in [-0.39, 0.29) is 11.9 Å². The third kappa shape index (κ3) is 5.36. The highest BCUT2D eigenvalue weighted by Gasteiger charge is 2.23. The number of aromatic nitrogens is 3. The zero-order valence-corrected chi connectivity index (χ0v) is 17.4. The van der Waals surface area contributed by atoms with E-state index < -0.39 is 0 Å². The number of anilines is 1. The maximum absolute atomic E-state index is 12.2. The van der Waals surface area contributed by atoms with Gasteiger partial charge < -0.3 is 10.6 Å². The van der Waals surface area contributed by atoms with Crippen LogP contribution in [0.4, 0.5) is 5.69 Å². The molecular formula is C21H22ClN5OS. The first-order valence-corrected chi connectivity index (χ1v) is 11.0. The van der Waals surface area contributed by atoms with Crippen molar-refractivity contribution in [3.63, 3.8) is 0 Å². The maximum atomic E-state index is 12.2. The van der Waals surface area contributed by atoms with Gasteiger partial charge in [-0.15, -0.1) is 0 Å². The van der Waals surface area contributed by atoms with Gasteiger partial charge in [-0.25, -0.2) is 9.97 Å². The number of amides is 1. The lowest BCUT2D eigenvalue weighted by Gasteiger charge is -2.30. The molecule has 150 valence electrons. The minimum Gasteiger partial charge on any atom is -0.382 e. The van der Waals surface area contributed by atoms with Crippen LogP contribution in [0, 0.1) is 0 Å².